The van der Waals surface area contributed by atoms with Crippen LogP contribution in [0.1, 0.15) is 27.9 Å². The van der Waals surface area contributed by atoms with Crippen LogP contribution < -0.4 is 0 Å². The molecule has 0 amide bonds. The fraction of sp³-hybridized carbons (Fsp3) is 0.292. The van der Waals surface area contributed by atoms with Crippen molar-refractivity contribution in [1.82, 2.24) is 30.0 Å². The predicted molar refractivity (Wildman–Crippen MR) is 128 cm³/mol. The molecule has 1 aliphatic heterocycles. The summed E-state index contributed by atoms with van der Waals surface area (Å²) < 4.78 is 15.2. The van der Waals surface area contributed by atoms with Crippen molar-refractivity contribution in [2.45, 2.75) is 19.1 Å². The molecule has 6 nitrogen and oxygen atoms in total. The minimum absolute atomic E-state index is 0.0156. The number of aromatic nitrogens is 4. The Hall–Kier alpha value is -2.65. The van der Waals surface area contributed by atoms with E-state index in [0.717, 1.165) is 49.1 Å². The number of thiophene rings is 1. The Labute approximate surface area is 201 Å². The number of hydrogen-bond acceptors (Lipinski definition) is 6. The lowest BCUT2D eigenvalue weighted by Gasteiger charge is -2.38. The molecule has 1 atom stereocenters. The zero-order valence-corrected chi connectivity index (χ0v) is 19.6. The van der Waals surface area contributed by atoms with Gasteiger partial charge in [-0.25, -0.2) is 9.07 Å². The van der Waals surface area contributed by atoms with Crippen LogP contribution in [0, 0.1) is 5.82 Å². The van der Waals surface area contributed by atoms with E-state index in [1.165, 1.54) is 22.6 Å². The van der Waals surface area contributed by atoms with Crippen LogP contribution in [0.25, 0.3) is 0 Å². The Kier molecular flexibility index (Phi) is 6.78. The van der Waals surface area contributed by atoms with Gasteiger partial charge < -0.3 is 0 Å². The van der Waals surface area contributed by atoms with Crippen LogP contribution in [0.15, 0.2) is 66.0 Å². The van der Waals surface area contributed by atoms with Crippen LogP contribution in [-0.2, 0) is 13.1 Å². The molecule has 9 heteroatoms. The third-order valence-corrected chi connectivity index (χ3v) is 7.13. The summed E-state index contributed by atoms with van der Waals surface area (Å²) in [6, 6.07) is 18.8. The van der Waals surface area contributed by atoms with Crippen LogP contribution in [0.3, 0.4) is 0 Å². The van der Waals surface area contributed by atoms with Gasteiger partial charge in [0.2, 0.25) is 0 Å². The largest absolute Gasteiger partial charge is 0.297 e. The maximum atomic E-state index is 13.3. The zero-order valence-electron chi connectivity index (χ0n) is 18.0. The summed E-state index contributed by atoms with van der Waals surface area (Å²) in [7, 11) is 0. The molecule has 1 aliphatic rings. The summed E-state index contributed by atoms with van der Waals surface area (Å²) in [6.45, 7) is 5.17. The molecule has 0 spiro atoms. The van der Waals surface area contributed by atoms with Crippen molar-refractivity contribution < 1.29 is 4.39 Å². The van der Waals surface area contributed by atoms with Crippen molar-refractivity contribution in [3.8, 4) is 0 Å². The van der Waals surface area contributed by atoms with E-state index in [0.29, 0.717) is 6.54 Å². The van der Waals surface area contributed by atoms with Gasteiger partial charge in [-0.1, -0.05) is 41.9 Å². The Morgan fingerprint density at radius 2 is 1.61 bits per heavy atom. The second-order valence-electron chi connectivity index (χ2n) is 8.18. The van der Waals surface area contributed by atoms with Gasteiger partial charge in [0.05, 0.1) is 6.54 Å². The van der Waals surface area contributed by atoms with Crippen molar-refractivity contribution >= 4 is 22.9 Å². The van der Waals surface area contributed by atoms with E-state index >= 15 is 0 Å². The highest BCUT2D eigenvalue weighted by molar-refractivity contribution is 7.10. The minimum Gasteiger partial charge on any atom is -0.297 e. The summed E-state index contributed by atoms with van der Waals surface area (Å²) >= 11 is 7.74. The van der Waals surface area contributed by atoms with Crippen molar-refractivity contribution in [3.05, 3.63) is 98.7 Å². The van der Waals surface area contributed by atoms with E-state index in [1.54, 1.807) is 23.5 Å². The van der Waals surface area contributed by atoms with E-state index in [1.807, 2.05) is 16.8 Å². The van der Waals surface area contributed by atoms with Gasteiger partial charge in [-0.05, 0) is 57.3 Å². The number of hydrogen-bond donors (Lipinski definition) is 0. The summed E-state index contributed by atoms with van der Waals surface area (Å²) in [4.78, 5) is 6.14. The number of nitrogens with zero attached hydrogens (tertiary/aromatic N) is 6. The monoisotopic (exact) mass is 482 g/mol. The maximum absolute atomic E-state index is 13.3. The highest BCUT2D eigenvalue weighted by Crippen LogP contribution is 2.31. The van der Waals surface area contributed by atoms with Crippen molar-refractivity contribution in [1.29, 1.82) is 0 Å². The number of rotatable bonds is 7. The molecule has 1 saturated heterocycles. The van der Waals surface area contributed by atoms with Crippen LogP contribution >= 0.6 is 22.9 Å². The molecule has 2 aromatic heterocycles. The third kappa shape index (κ3) is 5.30. The topological polar surface area (TPSA) is 50.1 Å². The third-order valence-electron chi connectivity index (χ3n) is 5.95. The fourth-order valence-corrected chi connectivity index (χ4v) is 5.21. The lowest BCUT2D eigenvalue weighted by molar-refractivity contribution is 0.101. The molecule has 0 saturated carbocycles. The first-order valence-corrected chi connectivity index (χ1v) is 12.2. The van der Waals surface area contributed by atoms with E-state index in [2.05, 4.69) is 55.0 Å². The quantitative estimate of drug-likeness (QED) is 0.388. The Balaban J connectivity index is 1.32. The lowest BCUT2D eigenvalue weighted by atomic mass is 10.1. The Morgan fingerprint density at radius 1 is 0.909 bits per heavy atom. The zero-order chi connectivity index (χ0) is 22.6. The fourth-order valence-electron chi connectivity index (χ4n) is 4.23. The first-order chi connectivity index (χ1) is 16.2. The smallest absolute Gasteiger partial charge is 0.174 e. The molecule has 0 bridgehead atoms. The normalized spacial score (nSPS) is 16.2. The summed E-state index contributed by atoms with van der Waals surface area (Å²) in [6.07, 6.45) is 0. The van der Waals surface area contributed by atoms with Gasteiger partial charge in [-0.3, -0.25) is 9.80 Å². The Morgan fingerprint density at radius 3 is 2.30 bits per heavy atom. The van der Waals surface area contributed by atoms with Gasteiger partial charge >= 0.3 is 0 Å². The standard InChI is InChI=1S/C24H24ClFN6S/c25-20-7-3-18(4-8-20)16-30-11-13-31(14-12-30)23(22-2-1-15-33-22)24-27-28-29-32(24)17-19-5-9-21(26)10-6-19/h1-10,15,23H,11-14,16-17H2. The van der Waals surface area contributed by atoms with E-state index < -0.39 is 0 Å². The molecule has 33 heavy (non-hydrogen) atoms. The minimum atomic E-state index is -0.247. The molecule has 4 aromatic rings. The molecule has 5 rings (SSSR count). The summed E-state index contributed by atoms with van der Waals surface area (Å²) in [5.74, 6) is 0.566. The van der Waals surface area contributed by atoms with Gasteiger partial charge in [-0.15, -0.1) is 16.4 Å². The van der Waals surface area contributed by atoms with Gasteiger partial charge in [0.1, 0.15) is 11.9 Å². The first-order valence-electron chi connectivity index (χ1n) is 10.9. The summed E-state index contributed by atoms with van der Waals surface area (Å²) in [5, 5.41) is 15.5. The van der Waals surface area contributed by atoms with Crippen LogP contribution in [0.2, 0.25) is 5.02 Å². The molecule has 3 heterocycles. The van der Waals surface area contributed by atoms with Crippen molar-refractivity contribution in [2.75, 3.05) is 26.2 Å². The number of halogens is 2. The molecule has 1 unspecified atom stereocenters. The van der Waals surface area contributed by atoms with Crippen molar-refractivity contribution in [2.24, 2.45) is 0 Å². The van der Waals surface area contributed by atoms with Gasteiger partial charge in [-0.2, -0.15) is 0 Å². The van der Waals surface area contributed by atoms with Gasteiger partial charge in [0.25, 0.3) is 0 Å². The highest BCUT2D eigenvalue weighted by Gasteiger charge is 2.31. The average Bonchev–Trinajstić information content (AvgIpc) is 3.52. The SMILES string of the molecule is Fc1ccc(Cn2nnnc2C(c2cccs2)N2CCN(Cc3ccc(Cl)cc3)CC2)cc1. The average molecular weight is 483 g/mol. The lowest BCUT2D eigenvalue weighted by Crippen LogP contribution is -2.47. The van der Waals surface area contributed by atoms with Crippen LogP contribution in [-0.4, -0.2) is 56.2 Å². The van der Waals surface area contributed by atoms with Gasteiger partial charge in [0, 0.05) is 42.6 Å². The summed E-state index contributed by atoms with van der Waals surface area (Å²) in [5.41, 5.74) is 2.23. The van der Waals surface area contributed by atoms with Crippen molar-refractivity contribution in [3.63, 3.8) is 0 Å². The highest BCUT2D eigenvalue weighted by atomic mass is 35.5. The maximum Gasteiger partial charge on any atom is 0.174 e. The second kappa shape index (κ2) is 10.1. The molecule has 0 N–H and O–H groups in total. The molecular formula is C24H24ClFN6S. The second-order valence-corrected chi connectivity index (χ2v) is 9.59. The van der Waals surface area contributed by atoms with E-state index in [-0.39, 0.29) is 11.9 Å². The number of tetrazole rings is 1. The van der Waals surface area contributed by atoms with Crippen LogP contribution in [0.4, 0.5) is 4.39 Å². The molecular weight excluding hydrogens is 459 g/mol. The van der Waals surface area contributed by atoms with E-state index in [9.17, 15) is 4.39 Å². The molecule has 2 aromatic carbocycles. The Bertz CT molecular complexity index is 1150. The molecule has 0 aliphatic carbocycles. The number of benzene rings is 2. The van der Waals surface area contributed by atoms with Crippen LogP contribution in [0.5, 0.6) is 0 Å². The molecule has 0 radical (unpaired) electrons. The molecule has 170 valence electrons. The van der Waals surface area contributed by atoms with Gasteiger partial charge in [0.15, 0.2) is 5.82 Å². The predicted octanol–water partition coefficient (Wildman–Crippen LogP) is 4.48. The molecule has 1 fully saturated rings. The van der Waals surface area contributed by atoms with E-state index in [4.69, 9.17) is 11.6 Å². The first kappa shape index (κ1) is 22.2. The number of piperazine rings is 1.